The van der Waals surface area contributed by atoms with E-state index in [-0.39, 0.29) is 18.4 Å². The number of aromatic amines is 1. The molecule has 15 heteroatoms. The molecule has 6 aliphatic rings. The molecule has 0 amide bonds. The van der Waals surface area contributed by atoms with E-state index in [1.165, 1.54) is 27.2 Å². The number of H-pyrrole nitrogens is 1. The molecule has 15 nitrogen and oxygen atoms in total. The molecule has 1 aromatic heterocycles. The van der Waals surface area contributed by atoms with Crippen LogP contribution in [0.15, 0.2) is 48.6 Å². The molecule has 10 atom stereocenters. The number of carbonyl (C=O) groups is 4. The first-order valence-electron chi connectivity index (χ1n) is 24.1. The van der Waals surface area contributed by atoms with Crippen molar-refractivity contribution < 1.29 is 53.1 Å². The summed E-state index contributed by atoms with van der Waals surface area (Å²) in [4.78, 5) is 66.4. The number of fused-ring (bicyclic) bond motifs is 6. The summed E-state index contributed by atoms with van der Waals surface area (Å²) in [5.74, 6) is -2.27. The van der Waals surface area contributed by atoms with Crippen molar-refractivity contribution in [3.8, 4) is 5.75 Å². The van der Waals surface area contributed by atoms with Gasteiger partial charge in [0.1, 0.15) is 16.8 Å². The molecule has 5 aliphatic heterocycles. The van der Waals surface area contributed by atoms with Crippen LogP contribution in [0.1, 0.15) is 102 Å². The van der Waals surface area contributed by atoms with E-state index in [1.54, 1.807) is 13.2 Å². The lowest BCUT2D eigenvalue weighted by Gasteiger charge is -2.63. The molecule has 9 rings (SSSR count). The van der Waals surface area contributed by atoms with Crippen LogP contribution in [0, 0.1) is 11.3 Å². The van der Waals surface area contributed by atoms with Crippen LogP contribution >= 0.6 is 0 Å². The molecule has 1 aliphatic carbocycles. The van der Waals surface area contributed by atoms with Gasteiger partial charge in [0, 0.05) is 97.0 Å². The Morgan fingerprint density at radius 1 is 0.941 bits per heavy atom. The van der Waals surface area contributed by atoms with Crippen LogP contribution in [0.25, 0.3) is 17.0 Å². The molecule has 2 bridgehead atoms. The average molecular weight is 937 g/mol. The zero-order chi connectivity index (χ0) is 48.9. The van der Waals surface area contributed by atoms with Gasteiger partial charge in [-0.15, -0.1) is 0 Å². The third-order valence-corrected chi connectivity index (χ3v) is 16.5. The minimum atomic E-state index is -2.35. The van der Waals surface area contributed by atoms with Crippen molar-refractivity contribution in [3.63, 3.8) is 0 Å². The number of ether oxygens (including phenoxy) is 5. The second kappa shape index (κ2) is 16.7. The summed E-state index contributed by atoms with van der Waals surface area (Å²) in [6, 6.07) is 8.57. The van der Waals surface area contributed by atoms with Gasteiger partial charge >= 0.3 is 23.9 Å². The maximum absolute atomic E-state index is 15.6. The maximum Gasteiger partial charge on any atom is 0.344 e. The fraction of sp³-hybridized carbons (Fsp3) is 0.585. The van der Waals surface area contributed by atoms with Gasteiger partial charge in [-0.1, -0.05) is 32.1 Å². The molecule has 366 valence electrons. The van der Waals surface area contributed by atoms with Crippen molar-refractivity contribution in [2.45, 2.75) is 126 Å². The lowest BCUT2D eigenvalue weighted by molar-refractivity contribution is -0.228. The number of carbonyl (C=O) groups excluding carboxylic acids is 4. The van der Waals surface area contributed by atoms with E-state index < -0.39 is 69.1 Å². The smallest absolute Gasteiger partial charge is 0.344 e. The van der Waals surface area contributed by atoms with Gasteiger partial charge < -0.3 is 43.8 Å². The fourth-order valence-corrected chi connectivity index (χ4v) is 14.2. The summed E-state index contributed by atoms with van der Waals surface area (Å²) < 4.78 is 29.7. The van der Waals surface area contributed by atoms with E-state index in [1.807, 2.05) is 83.0 Å². The lowest BCUT2D eigenvalue weighted by Crippen LogP contribution is -2.81. The molecular formula is C53H68N4O11. The minimum absolute atomic E-state index is 0.175. The molecule has 3 N–H and O–H groups in total. The van der Waals surface area contributed by atoms with E-state index in [4.69, 9.17) is 23.7 Å². The summed E-state index contributed by atoms with van der Waals surface area (Å²) in [6.45, 7) is 13.7. The zero-order valence-electron chi connectivity index (χ0n) is 41.2. The van der Waals surface area contributed by atoms with Crippen LogP contribution in [0.5, 0.6) is 5.75 Å². The second-order valence-electron chi connectivity index (χ2n) is 21.3. The monoisotopic (exact) mass is 936 g/mol. The predicted octanol–water partition coefficient (Wildman–Crippen LogP) is 5.35. The van der Waals surface area contributed by atoms with Gasteiger partial charge in [0.25, 0.3) is 0 Å². The first-order valence-corrected chi connectivity index (χ1v) is 24.1. The van der Waals surface area contributed by atoms with Crippen molar-refractivity contribution in [2.75, 3.05) is 66.0 Å². The highest BCUT2D eigenvalue weighted by atomic mass is 16.6. The van der Waals surface area contributed by atoms with Crippen LogP contribution in [0.2, 0.25) is 0 Å². The lowest BCUT2D eigenvalue weighted by atomic mass is 9.47. The first-order chi connectivity index (χ1) is 32.2. The van der Waals surface area contributed by atoms with Gasteiger partial charge in [0.05, 0.1) is 33.0 Å². The number of hydrogen-bond donors (Lipinski definition) is 3. The molecule has 2 aromatic carbocycles. The summed E-state index contributed by atoms with van der Waals surface area (Å²) in [7, 11) is 6.07. The number of piperidine rings is 1. The topological polar surface area (TPSA) is 180 Å². The summed E-state index contributed by atoms with van der Waals surface area (Å²) in [6.07, 6.45) is 8.66. The van der Waals surface area contributed by atoms with Gasteiger partial charge in [-0.2, -0.15) is 0 Å². The predicted molar refractivity (Wildman–Crippen MR) is 255 cm³/mol. The Balaban J connectivity index is 1.33. The number of hydrogen-bond acceptors (Lipinski definition) is 14. The number of benzene rings is 2. The molecule has 1 spiro atoms. The minimum Gasteiger partial charge on any atom is -0.496 e. The SMILES string of the molecule is CC[C@]1(O)C[C@H]2CN(CCc3c([nH]c4ccc(/C=C/C(=O)OC(C)(C)C)cc34)[C@@](C(=O)OC)(c3cc4c(cc3OC)N(C)[C@@H]3C45CCN4CC=C[C@](CC)([C@H]45)[C@@H](OC(C)=O)[C@]3(O)C(=O)OC)C2)C1. The number of anilines is 1. The molecule has 1 saturated carbocycles. The van der Waals surface area contributed by atoms with Crippen molar-refractivity contribution >= 4 is 46.5 Å². The number of methoxy groups -OCH3 is 3. The Morgan fingerprint density at radius 3 is 2.35 bits per heavy atom. The van der Waals surface area contributed by atoms with Crippen LogP contribution in [0.3, 0.4) is 0 Å². The number of rotatable bonds is 9. The highest BCUT2D eigenvalue weighted by Crippen LogP contribution is 2.68. The molecule has 68 heavy (non-hydrogen) atoms. The number of nitrogens with one attached hydrogen (secondary N) is 1. The number of esters is 4. The molecule has 3 aromatic rings. The fourth-order valence-electron chi connectivity index (χ4n) is 14.2. The van der Waals surface area contributed by atoms with Crippen molar-refractivity contribution in [2.24, 2.45) is 11.3 Å². The number of aromatic nitrogens is 1. The number of aliphatic hydroxyl groups is 2. The van der Waals surface area contributed by atoms with Gasteiger partial charge in [0.15, 0.2) is 6.10 Å². The quantitative estimate of drug-likeness (QED) is 0.108. The Bertz CT molecular complexity index is 2620. The van der Waals surface area contributed by atoms with Crippen LogP contribution in [-0.4, -0.2) is 145 Å². The van der Waals surface area contributed by atoms with Gasteiger partial charge in [-0.3, -0.25) is 19.4 Å². The van der Waals surface area contributed by atoms with E-state index >= 15 is 4.79 Å². The first kappa shape index (κ1) is 47.8. The van der Waals surface area contributed by atoms with E-state index in [0.29, 0.717) is 87.5 Å². The summed E-state index contributed by atoms with van der Waals surface area (Å²) in [5.41, 5.74) is -2.33. The standard InChI is InChI=1S/C53H68N4O11/c1-11-49(62)27-33-28-52(46(60)65-9,42-34(18-22-56(29-33)30-49)35-24-32(14-16-38(35)54-42)15-17-41(59)68-48(4,5)6)37-25-36-39(26-40(37)64-8)55(7)44-51(36)20-23-57-21-13-19-50(12-2,43(51)57)45(67-31(3)58)53(44,63)47(61)66-10/h13-17,19,24-26,33,43-45,54,62-63H,11-12,18,20-23,27-30H2,1-10H3/b17-15+/t33-,43+,44-,45-,49+,50-,51?,52+,53+/m1/s1. The highest BCUT2D eigenvalue weighted by Gasteiger charge is 2.80. The van der Waals surface area contributed by atoms with Crippen LogP contribution in [-0.2, 0) is 55.4 Å². The molecule has 0 radical (unpaired) electrons. The number of likely N-dealkylation sites (N-methyl/N-ethyl adjacent to an activating group) is 1. The number of nitrogens with zero attached hydrogens (tertiary/aromatic N) is 3. The van der Waals surface area contributed by atoms with E-state index in [9.17, 15) is 24.6 Å². The van der Waals surface area contributed by atoms with Gasteiger partial charge in [0.2, 0.25) is 5.60 Å². The molecule has 2 unspecified atom stereocenters. The average Bonchev–Trinajstić information content (AvgIpc) is 3.96. The second-order valence-corrected chi connectivity index (χ2v) is 21.3. The Labute approximate surface area is 398 Å². The molecule has 3 fully saturated rings. The van der Waals surface area contributed by atoms with Gasteiger partial charge in [-0.05, 0) is 113 Å². The Hall–Kier alpha value is -5.22. The van der Waals surface area contributed by atoms with Crippen molar-refractivity contribution in [3.05, 3.63) is 76.5 Å². The van der Waals surface area contributed by atoms with Crippen molar-refractivity contribution in [1.29, 1.82) is 0 Å². The van der Waals surface area contributed by atoms with Crippen LogP contribution < -0.4 is 9.64 Å². The largest absolute Gasteiger partial charge is 0.496 e. The molecule has 6 heterocycles. The summed E-state index contributed by atoms with van der Waals surface area (Å²) >= 11 is 0. The maximum atomic E-state index is 15.6. The zero-order valence-corrected chi connectivity index (χ0v) is 41.2. The van der Waals surface area contributed by atoms with E-state index in [2.05, 4.69) is 20.9 Å². The Kier molecular flexibility index (Phi) is 11.8. The summed E-state index contributed by atoms with van der Waals surface area (Å²) in [5, 5.41) is 26.5. The third-order valence-electron chi connectivity index (χ3n) is 16.5. The molecular weight excluding hydrogens is 869 g/mol. The van der Waals surface area contributed by atoms with Gasteiger partial charge in [-0.25, -0.2) is 9.59 Å². The van der Waals surface area contributed by atoms with Crippen molar-refractivity contribution in [1.82, 2.24) is 14.8 Å². The third kappa shape index (κ3) is 6.95. The van der Waals surface area contributed by atoms with E-state index in [0.717, 1.165) is 27.6 Å². The Morgan fingerprint density at radius 2 is 1.69 bits per heavy atom. The van der Waals surface area contributed by atoms with Crippen LogP contribution in [0.4, 0.5) is 5.69 Å². The normalized spacial score (nSPS) is 33.9. The highest BCUT2D eigenvalue weighted by molar-refractivity contribution is 5.96. The molecule has 2 saturated heterocycles.